The van der Waals surface area contributed by atoms with Crippen LogP contribution < -0.4 is 5.73 Å². The van der Waals surface area contributed by atoms with E-state index in [2.05, 4.69) is 38.1 Å². The summed E-state index contributed by atoms with van der Waals surface area (Å²) in [4.78, 5) is 0. The van der Waals surface area contributed by atoms with Gasteiger partial charge >= 0.3 is 0 Å². The Balaban J connectivity index is 2.18. The Morgan fingerprint density at radius 1 is 1.00 bits per heavy atom. The van der Waals surface area contributed by atoms with E-state index in [9.17, 15) is 4.39 Å². The fourth-order valence-corrected chi connectivity index (χ4v) is 2.05. The Kier molecular flexibility index (Phi) is 4.01. The van der Waals surface area contributed by atoms with Crippen LogP contribution in [0.3, 0.4) is 0 Å². The third-order valence-corrected chi connectivity index (χ3v) is 3.60. The second-order valence-corrected chi connectivity index (χ2v) is 5.55. The van der Waals surface area contributed by atoms with Crippen LogP contribution in [0.15, 0.2) is 48.5 Å². The Morgan fingerprint density at radius 3 is 2.21 bits per heavy atom. The van der Waals surface area contributed by atoms with Gasteiger partial charge in [0.15, 0.2) is 0 Å². The monoisotopic (exact) mass is 257 g/mol. The third kappa shape index (κ3) is 3.21. The number of halogens is 1. The molecular weight excluding hydrogens is 237 g/mol. The Hall–Kier alpha value is -1.67. The summed E-state index contributed by atoms with van der Waals surface area (Å²) < 4.78 is 13.6. The molecule has 19 heavy (non-hydrogen) atoms. The second kappa shape index (κ2) is 5.54. The zero-order chi connectivity index (χ0) is 13.9. The molecule has 2 N–H and O–H groups in total. The second-order valence-electron chi connectivity index (χ2n) is 5.55. The summed E-state index contributed by atoms with van der Waals surface area (Å²) in [5.74, 6) is -0.145. The molecule has 0 bridgehead atoms. The van der Waals surface area contributed by atoms with Gasteiger partial charge in [-0.25, -0.2) is 4.39 Å². The summed E-state index contributed by atoms with van der Waals surface area (Å²) in [7, 11) is 0. The fraction of sp³-hybridized carbons (Fsp3) is 0.294. The minimum atomic E-state index is -0.145. The average Bonchev–Trinajstić information content (AvgIpc) is 2.42. The number of nitrogens with two attached hydrogens (primary N) is 1. The molecule has 0 amide bonds. The average molecular weight is 257 g/mol. The smallest absolute Gasteiger partial charge is 0.126 e. The lowest BCUT2D eigenvalue weighted by atomic mass is 9.84. The highest BCUT2D eigenvalue weighted by Gasteiger charge is 2.17. The van der Waals surface area contributed by atoms with Crippen molar-refractivity contribution in [1.29, 1.82) is 0 Å². The Labute approximate surface area is 114 Å². The highest BCUT2D eigenvalue weighted by Crippen LogP contribution is 2.23. The van der Waals surface area contributed by atoms with Gasteiger partial charge in [0.1, 0.15) is 5.82 Å². The van der Waals surface area contributed by atoms with Crippen LogP contribution in [-0.4, -0.2) is 6.54 Å². The van der Waals surface area contributed by atoms with E-state index < -0.39 is 0 Å². The molecule has 0 aliphatic rings. The minimum absolute atomic E-state index is 0.0173. The molecule has 2 aromatic rings. The molecule has 2 heteroatoms. The van der Waals surface area contributed by atoms with Gasteiger partial charge in [-0.2, -0.15) is 0 Å². The van der Waals surface area contributed by atoms with Crippen molar-refractivity contribution in [1.82, 2.24) is 0 Å². The van der Waals surface area contributed by atoms with E-state index in [0.29, 0.717) is 13.0 Å². The molecule has 0 unspecified atom stereocenters. The first-order chi connectivity index (χ1) is 9.03. The maximum Gasteiger partial charge on any atom is 0.126 e. The molecule has 0 saturated carbocycles. The van der Waals surface area contributed by atoms with Crippen molar-refractivity contribution in [2.75, 3.05) is 6.54 Å². The topological polar surface area (TPSA) is 26.0 Å². The molecule has 100 valence electrons. The fourth-order valence-electron chi connectivity index (χ4n) is 2.05. The van der Waals surface area contributed by atoms with Crippen molar-refractivity contribution < 1.29 is 4.39 Å². The highest BCUT2D eigenvalue weighted by molar-refractivity contribution is 5.32. The van der Waals surface area contributed by atoms with Crippen molar-refractivity contribution >= 4 is 0 Å². The number of benzene rings is 2. The lowest BCUT2D eigenvalue weighted by Crippen LogP contribution is -2.27. The van der Waals surface area contributed by atoms with Gasteiger partial charge in [0.2, 0.25) is 0 Å². The van der Waals surface area contributed by atoms with Gasteiger partial charge in [-0.05, 0) is 22.8 Å². The number of rotatable bonds is 4. The van der Waals surface area contributed by atoms with E-state index in [-0.39, 0.29) is 11.2 Å². The summed E-state index contributed by atoms with van der Waals surface area (Å²) in [6.07, 6.45) is 0.621. The number of hydrogen-bond donors (Lipinski definition) is 1. The largest absolute Gasteiger partial charge is 0.330 e. The van der Waals surface area contributed by atoms with E-state index in [4.69, 9.17) is 5.73 Å². The van der Waals surface area contributed by atoms with Crippen LogP contribution >= 0.6 is 0 Å². The van der Waals surface area contributed by atoms with Gasteiger partial charge in [-0.1, -0.05) is 56.3 Å². The molecule has 0 heterocycles. The molecule has 0 radical (unpaired) electrons. The van der Waals surface area contributed by atoms with Crippen molar-refractivity contribution in [2.45, 2.75) is 25.7 Å². The number of hydrogen-bond acceptors (Lipinski definition) is 1. The van der Waals surface area contributed by atoms with Gasteiger partial charge in [-0.15, -0.1) is 0 Å². The summed E-state index contributed by atoms with van der Waals surface area (Å²) in [6.45, 7) is 4.86. The van der Waals surface area contributed by atoms with Gasteiger partial charge in [0, 0.05) is 18.4 Å². The van der Waals surface area contributed by atoms with Crippen LogP contribution in [0.2, 0.25) is 0 Å². The van der Waals surface area contributed by atoms with E-state index in [1.807, 2.05) is 12.1 Å². The molecule has 0 atom stereocenters. The minimum Gasteiger partial charge on any atom is -0.330 e. The van der Waals surface area contributed by atoms with Crippen LogP contribution in [0.4, 0.5) is 4.39 Å². The normalized spacial score (nSPS) is 11.6. The maximum absolute atomic E-state index is 13.6. The van der Waals surface area contributed by atoms with Crippen molar-refractivity contribution in [3.8, 4) is 0 Å². The third-order valence-electron chi connectivity index (χ3n) is 3.60. The van der Waals surface area contributed by atoms with Crippen LogP contribution in [0, 0.1) is 5.82 Å². The summed E-state index contributed by atoms with van der Waals surface area (Å²) in [5.41, 5.74) is 8.81. The zero-order valence-electron chi connectivity index (χ0n) is 11.5. The molecule has 0 saturated heterocycles. The predicted octanol–water partition coefficient (Wildman–Crippen LogP) is 3.65. The van der Waals surface area contributed by atoms with Gasteiger partial charge in [0.05, 0.1) is 0 Å². The van der Waals surface area contributed by atoms with E-state index in [1.165, 1.54) is 11.6 Å². The van der Waals surface area contributed by atoms with Gasteiger partial charge < -0.3 is 5.73 Å². The molecule has 0 fully saturated rings. The molecule has 0 spiro atoms. The SMILES string of the molecule is CC(C)(CN)c1ccc(Cc2ccccc2F)cc1. The first-order valence-electron chi connectivity index (χ1n) is 6.56. The molecule has 2 rings (SSSR count). The first-order valence-corrected chi connectivity index (χ1v) is 6.56. The van der Waals surface area contributed by atoms with Crippen LogP contribution in [0.5, 0.6) is 0 Å². The van der Waals surface area contributed by atoms with Crippen molar-refractivity contribution in [3.63, 3.8) is 0 Å². The van der Waals surface area contributed by atoms with Crippen molar-refractivity contribution in [3.05, 3.63) is 71.0 Å². The van der Waals surface area contributed by atoms with E-state index in [0.717, 1.165) is 11.1 Å². The standard InChI is InChI=1S/C17H20FN/c1-17(2,12-19)15-9-7-13(8-10-15)11-14-5-3-4-6-16(14)18/h3-10H,11-12,19H2,1-2H3. The Morgan fingerprint density at radius 2 is 1.63 bits per heavy atom. The zero-order valence-corrected chi connectivity index (χ0v) is 11.5. The molecular formula is C17H20FN. The Bertz CT molecular complexity index is 543. The summed E-state index contributed by atoms with van der Waals surface area (Å²) >= 11 is 0. The summed E-state index contributed by atoms with van der Waals surface area (Å²) in [6, 6.07) is 15.2. The van der Waals surface area contributed by atoms with Crippen LogP contribution in [0.25, 0.3) is 0 Å². The van der Waals surface area contributed by atoms with Crippen LogP contribution in [-0.2, 0) is 11.8 Å². The summed E-state index contributed by atoms with van der Waals surface area (Å²) in [5, 5.41) is 0. The quantitative estimate of drug-likeness (QED) is 0.889. The van der Waals surface area contributed by atoms with Crippen LogP contribution in [0.1, 0.15) is 30.5 Å². The van der Waals surface area contributed by atoms with E-state index in [1.54, 1.807) is 6.07 Å². The maximum atomic E-state index is 13.6. The molecule has 0 aromatic heterocycles. The predicted molar refractivity (Wildman–Crippen MR) is 77.7 cm³/mol. The van der Waals surface area contributed by atoms with Crippen molar-refractivity contribution in [2.24, 2.45) is 5.73 Å². The molecule has 0 aliphatic heterocycles. The first kappa shape index (κ1) is 13.8. The lowest BCUT2D eigenvalue weighted by molar-refractivity contribution is 0.539. The van der Waals surface area contributed by atoms with Gasteiger partial charge in [-0.3, -0.25) is 0 Å². The van der Waals surface area contributed by atoms with E-state index >= 15 is 0 Å². The highest BCUT2D eigenvalue weighted by atomic mass is 19.1. The van der Waals surface area contributed by atoms with Gasteiger partial charge in [0.25, 0.3) is 0 Å². The lowest BCUT2D eigenvalue weighted by Gasteiger charge is -2.23. The molecule has 0 aliphatic carbocycles. The molecule has 1 nitrogen and oxygen atoms in total. The molecule has 2 aromatic carbocycles.